The summed E-state index contributed by atoms with van der Waals surface area (Å²) in [5, 5.41) is 2.43. The molecule has 3 aromatic carbocycles. The molecule has 0 unspecified atom stereocenters. The molecule has 1 fully saturated rings. The van der Waals surface area contributed by atoms with E-state index in [0.717, 1.165) is 27.2 Å². The normalized spacial score (nSPS) is 19.4. The number of rotatable bonds is 10. The quantitative estimate of drug-likeness (QED) is 0.266. The number of β-lactam (4-membered cyclic amide) rings is 1. The summed E-state index contributed by atoms with van der Waals surface area (Å²) in [6.07, 6.45) is 0.904. The van der Waals surface area contributed by atoms with Crippen molar-refractivity contribution in [2.24, 2.45) is 0 Å². The first kappa shape index (κ1) is 28.8. The molecule has 0 radical (unpaired) electrons. The minimum absolute atomic E-state index is 0.153. The van der Waals surface area contributed by atoms with Gasteiger partial charge in [0.25, 0.3) is 5.91 Å². The molecule has 0 bridgehead atoms. The SMILES string of the molecule is O=C(Cc1ccccc1)N[C@@H]1C(=O)N2C(C(=O)OC(c3ccccc3)c3ccccc3)=C(CSC3=CC(=O)OC3)CS[C@H]12. The number of nitrogens with one attached hydrogen (secondary N) is 1. The van der Waals surface area contributed by atoms with E-state index in [1.54, 1.807) is 0 Å². The molecule has 0 saturated carbocycles. The summed E-state index contributed by atoms with van der Waals surface area (Å²) in [7, 11) is 0. The molecule has 3 aliphatic heterocycles. The van der Waals surface area contributed by atoms with Gasteiger partial charge in [-0.1, -0.05) is 91.0 Å². The Morgan fingerprint density at radius 3 is 2.19 bits per heavy atom. The third-order valence-electron chi connectivity index (χ3n) is 7.26. The van der Waals surface area contributed by atoms with E-state index in [1.165, 1.54) is 34.5 Å². The van der Waals surface area contributed by atoms with Gasteiger partial charge in [-0.25, -0.2) is 9.59 Å². The molecule has 1 N–H and O–H groups in total. The number of hydrogen-bond acceptors (Lipinski definition) is 8. The van der Waals surface area contributed by atoms with Crippen LogP contribution in [0, 0.1) is 0 Å². The Kier molecular flexibility index (Phi) is 8.67. The van der Waals surface area contributed by atoms with E-state index in [0.29, 0.717) is 11.5 Å². The number of cyclic esters (lactones) is 1. The highest BCUT2D eigenvalue weighted by molar-refractivity contribution is 8.03. The molecule has 2 atom stereocenters. The Hall–Kier alpha value is -4.28. The van der Waals surface area contributed by atoms with Crippen molar-refractivity contribution in [3.63, 3.8) is 0 Å². The van der Waals surface area contributed by atoms with Gasteiger partial charge in [0.15, 0.2) is 6.10 Å². The summed E-state index contributed by atoms with van der Waals surface area (Å²) in [5.74, 6) is -0.792. The van der Waals surface area contributed by atoms with Crippen LogP contribution in [0.2, 0.25) is 0 Å². The van der Waals surface area contributed by atoms with Gasteiger partial charge >= 0.3 is 11.9 Å². The summed E-state index contributed by atoms with van der Waals surface area (Å²) in [6, 6.07) is 27.5. The molecule has 6 rings (SSSR count). The number of carbonyl (C=O) groups excluding carboxylic acids is 4. The van der Waals surface area contributed by atoms with Crippen molar-refractivity contribution in [3.05, 3.63) is 130 Å². The third kappa shape index (κ3) is 6.40. The fourth-order valence-electron chi connectivity index (χ4n) is 5.16. The summed E-state index contributed by atoms with van der Waals surface area (Å²) < 4.78 is 11.2. The van der Waals surface area contributed by atoms with E-state index in [4.69, 9.17) is 9.47 Å². The molecule has 0 aromatic heterocycles. The number of ether oxygens (including phenoxy) is 2. The number of fused-ring (bicyclic) bond motifs is 1. The number of thioether (sulfide) groups is 2. The zero-order valence-electron chi connectivity index (χ0n) is 23.0. The van der Waals surface area contributed by atoms with Gasteiger partial charge in [-0.05, 0) is 22.3 Å². The molecule has 0 aliphatic carbocycles. The third-order valence-corrected chi connectivity index (χ3v) is 9.70. The molecule has 43 heavy (non-hydrogen) atoms. The maximum absolute atomic E-state index is 14.0. The van der Waals surface area contributed by atoms with Crippen LogP contribution >= 0.6 is 23.5 Å². The van der Waals surface area contributed by atoms with Crippen LogP contribution in [0.4, 0.5) is 0 Å². The number of benzene rings is 3. The fourth-order valence-corrected chi connectivity index (χ4v) is 7.55. The molecule has 3 aliphatic rings. The number of amides is 2. The number of esters is 2. The Labute approximate surface area is 257 Å². The van der Waals surface area contributed by atoms with Gasteiger partial charge in [0, 0.05) is 22.5 Å². The zero-order chi connectivity index (χ0) is 29.8. The van der Waals surface area contributed by atoms with Gasteiger partial charge in [-0.3, -0.25) is 14.5 Å². The van der Waals surface area contributed by atoms with Crippen molar-refractivity contribution in [1.29, 1.82) is 0 Å². The second kappa shape index (κ2) is 12.9. The highest BCUT2D eigenvalue weighted by Crippen LogP contribution is 2.43. The first-order valence-corrected chi connectivity index (χ1v) is 15.8. The molecular weight excluding hydrogens is 585 g/mol. The van der Waals surface area contributed by atoms with E-state index in [1.807, 2.05) is 91.0 Å². The second-order valence-corrected chi connectivity index (χ2v) is 12.4. The van der Waals surface area contributed by atoms with Crippen LogP contribution in [0.5, 0.6) is 0 Å². The summed E-state index contributed by atoms with van der Waals surface area (Å²) in [6.45, 7) is 0.189. The van der Waals surface area contributed by atoms with Crippen LogP contribution in [0.15, 0.2) is 113 Å². The molecule has 1 saturated heterocycles. The number of hydrogen-bond donors (Lipinski definition) is 1. The summed E-state index contributed by atoms with van der Waals surface area (Å²) in [4.78, 5) is 54.2. The average Bonchev–Trinajstić information content (AvgIpc) is 3.47. The molecule has 8 nitrogen and oxygen atoms in total. The summed E-state index contributed by atoms with van der Waals surface area (Å²) >= 11 is 2.89. The van der Waals surface area contributed by atoms with Gasteiger partial charge in [0.1, 0.15) is 23.7 Å². The second-order valence-electron chi connectivity index (χ2n) is 10.2. The molecule has 218 valence electrons. The molecular formula is C33H28N2O6S2. The van der Waals surface area contributed by atoms with Crippen molar-refractivity contribution in [2.45, 2.75) is 23.9 Å². The van der Waals surface area contributed by atoms with Crippen LogP contribution in [0.1, 0.15) is 22.8 Å². The largest absolute Gasteiger partial charge is 0.457 e. The monoisotopic (exact) mass is 612 g/mol. The fraction of sp³-hybridized carbons (Fsp3) is 0.212. The molecule has 0 spiro atoms. The molecule has 2 amide bonds. The number of carbonyl (C=O) groups is 4. The van der Waals surface area contributed by atoms with Crippen molar-refractivity contribution in [1.82, 2.24) is 10.2 Å². The van der Waals surface area contributed by atoms with E-state index in [-0.39, 0.29) is 30.5 Å². The first-order valence-electron chi connectivity index (χ1n) is 13.8. The van der Waals surface area contributed by atoms with Gasteiger partial charge in [-0.2, -0.15) is 0 Å². The van der Waals surface area contributed by atoms with Crippen LogP contribution in [-0.4, -0.2) is 58.2 Å². The molecule has 3 aromatic rings. The van der Waals surface area contributed by atoms with Crippen LogP contribution in [0.3, 0.4) is 0 Å². The van der Waals surface area contributed by atoms with Gasteiger partial charge in [-0.15, -0.1) is 23.5 Å². The molecule has 10 heteroatoms. The molecule has 3 heterocycles. The van der Waals surface area contributed by atoms with E-state index >= 15 is 0 Å². The van der Waals surface area contributed by atoms with Gasteiger partial charge in [0.05, 0.1) is 6.42 Å². The maximum Gasteiger partial charge on any atom is 0.356 e. The topological polar surface area (TPSA) is 102 Å². The van der Waals surface area contributed by atoms with E-state index in [9.17, 15) is 19.2 Å². The first-order chi connectivity index (χ1) is 21.0. The predicted molar refractivity (Wildman–Crippen MR) is 165 cm³/mol. The Morgan fingerprint density at radius 1 is 0.953 bits per heavy atom. The van der Waals surface area contributed by atoms with Crippen molar-refractivity contribution in [2.75, 3.05) is 18.1 Å². The lowest BCUT2D eigenvalue weighted by atomic mass is 10.0. The van der Waals surface area contributed by atoms with Crippen LogP contribution < -0.4 is 5.32 Å². The van der Waals surface area contributed by atoms with Crippen LogP contribution in [-0.2, 0) is 35.1 Å². The van der Waals surface area contributed by atoms with Crippen molar-refractivity contribution < 1.29 is 28.7 Å². The van der Waals surface area contributed by atoms with Crippen molar-refractivity contribution in [3.8, 4) is 0 Å². The average molecular weight is 613 g/mol. The highest BCUT2D eigenvalue weighted by Gasteiger charge is 2.54. The Balaban J connectivity index is 1.26. The minimum Gasteiger partial charge on any atom is -0.457 e. The maximum atomic E-state index is 14.0. The smallest absolute Gasteiger partial charge is 0.356 e. The minimum atomic E-state index is -0.749. The zero-order valence-corrected chi connectivity index (χ0v) is 24.6. The standard InChI is InChI=1S/C33H28N2O6S2/c36-26(16-21-10-4-1-5-11-21)34-28-31(38)35-29(24(20-43-32(28)35)19-42-25-17-27(37)40-18-25)33(39)41-30(22-12-6-2-7-13-22)23-14-8-3-9-15-23/h1-15,17,28,30,32H,16,18-20H2,(H,34,36)/t28-,32-/m1/s1. The summed E-state index contributed by atoms with van der Waals surface area (Å²) in [5.41, 5.74) is 3.36. The highest BCUT2D eigenvalue weighted by atomic mass is 32.2. The van der Waals surface area contributed by atoms with Crippen molar-refractivity contribution >= 4 is 47.3 Å². The van der Waals surface area contributed by atoms with Gasteiger partial charge < -0.3 is 14.8 Å². The lowest BCUT2D eigenvalue weighted by Gasteiger charge is -2.50. The van der Waals surface area contributed by atoms with Crippen LogP contribution in [0.25, 0.3) is 0 Å². The predicted octanol–water partition coefficient (Wildman–Crippen LogP) is 4.39. The van der Waals surface area contributed by atoms with E-state index in [2.05, 4.69) is 5.32 Å². The van der Waals surface area contributed by atoms with E-state index < -0.39 is 29.5 Å². The van der Waals surface area contributed by atoms with Gasteiger partial charge in [0.2, 0.25) is 5.91 Å². The Bertz CT molecular complexity index is 1550. The lowest BCUT2D eigenvalue weighted by Crippen LogP contribution is -2.70. The lowest BCUT2D eigenvalue weighted by molar-refractivity contribution is -0.154. The number of nitrogens with zero attached hydrogens (tertiary/aromatic N) is 1. The Morgan fingerprint density at radius 2 is 1.58 bits per heavy atom.